The SMILES string of the molecule is CNC(=O)C1CCN(c2c(F)cccc2C(=O)O)CC1. The second kappa shape index (κ2) is 5.90. The van der Waals surface area contributed by atoms with Crippen LogP contribution in [0, 0.1) is 11.7 Å². The van der Waals surface area contributed by atoms with Crippen LogP contribution in [0.1, 0.15) is 23.2 Å². The van der Waals surface area contributed by atoms with E-state index in [2.05, 4.69) is 5.32 Å². The molecule has 2 N–H and O–H groups in total. The van der Waals surface area contributed by atoms with E-state index < -0.39 is 11.8 Å². The summed E-state index contributed by atoms with van der Waals surface area (Å²) in [5.41, 5.74) is 0.0822. The average molecular weight is 280 g/mol. The van der Waals surface area contributed by atoms with E-state index in [1.54, 1.807) is 11.9 Å². The second-order valence-corrected chi connectivity index (χ2v) is 4.82. The van der Waals surface area contributed by atoms with E-state index in [-0.39, 0.29) is 23.1 Å². The Kier molecular flexibility index (Phi) is 4.22. The maximum absolute atomic E-state index is 13.9. The van der Waals surface area contributed by atoms with E-state index >= 15 is 0 Å². The molecule has 0 aliphatic carbocycles. The number of rotatable bonds is 3. The number of nitrogens with one attached hydrogen (secondary N) is 1. The van der Waals surface area contributed by atoms with Gasteiger partial charge in [0, 0.05) is 26.1 Å². The Labute approximate surface area is 116 Å². The van der Waals surface area contributed by atoms with E-state index in [9.17, 15) is 14.0 Å². The fourth-order valence-corrected chi connectivity index (χ4v) is 2.58. The third kappa shape index (κ3) is 2.74. The maximum Gasteiger partial charge on any atom is 0.337 e. The number of nitrogens with zero attached hydrogens (tertiary/aromatic N) is 1. The molecule has 20 heavy (non-hydrogen) atoms. The Morgan fingerprint density at radius 2 is 2.00 bits per heavy atom. The van der Waals surface area contributed by atoms with Gasteiger partial charge in [-0.05, 0) is 25.0 Å². The van der Waals surface area contributed by atoms with Gasteiger partial charge in [-0.3, -0.25) is 4.79 Å². The van der Waals surface area contributed by atoms with Gasteiger partial charge in [-0.15, -0.1) is 0 Å². The smallest absolute Gasteiger partial charge is 0.337 e. The van der Waals surface area contributed by atoms with Crippen molar-refractivity contribution >= 4 is 17.6 Å². The van der Waals surface area contributed by atoms with Crippen molar-refractivity contribution in [1.82, 2.24) is 5.32 Å². The van der Waals surface area contributed by atoms with Crippen LogP contribution in [0.15, 0.2) is 18.2 Å². The third-order valence-corrected chi connectivity index (χ3v) is 3.65. The number of carboxylic acids is 1. The van der Waals surface area contributed by atoms with Crippen LogP contribution in [0.25, 0.3) is 0 Å². The highest BCUT2D eigenvalue weighted by Gasteiger charge is 2.28. The number of piperidine rings is 1. The van der Waals surface area contributed by atoms with Crippen molar-refractivity contribution in [3.63, 3.8) is 0 Å². The first-order valence-corrected chi connectivity index (χ1v) is 6.53. The van der Waals surface area contributed by atoms with Crippen LogP contribution in [0.3, 0.4) is 0 Å². The van der Waals surface area contributed by atoms with Gasteiger partial charge in [0.15, 0.2) is 0 Å². The highest BCUT2D eigenvalue weighted by molar-refractivity contribution is 5.94. The molecule has 0 saturated carbocycles. The standard InChI is InChI=1S/C14H17FN2O3/c1-16-13(18)9-5-7-17(8-6-9)12-10(14(19)20)3-2-4-11(12)15/h2-4,9H,5-8H2,1H3,(H,16,18)(H,19,20). The molecule has 1 aromatic carbocycles. The summed E-state index contributed by atoms with van der Waals surface area (Å²) in [7, 11) is 1.59. The lowest BCUT2D eigenvalue weighted by Gasteiger charge is -2.33. The first-order valence-electron chi connectivity index (χ1n) is 6.53. The molecule has 0 spiro atoms. The molecule has 108 valence electrons. The van der Waals surface area contributed by atoms with Crippen LogP contribution >= 0.6 is 0 Å². The van der Waals surface area contributed by atoms with E-state index in [1.165, 1.54) is 18.2 Å². The second-order valence-electron chi connectivity index (χ2n) is 4.82. The molecule has 1 heterocycles. The molecule has 1 aromatic rings. The fourth-order valence-electron chi connectivity index (χ4n) is 2.58. The number of halogens is 1. The van der Waals surface area contributed by atoms with Gasteiger partial charge in [0.2, 0.25) is 5.91 Å². The molecule has 0 radical (unpaired) electrons. The summed E-state index contributed by atoms with van der Waals surface area (Å²) in [4.78, 5) is 24.4. The number of carbonyl (C=O) groups is 2. The zero-order chi connectivity index (χ0) is 14.7. The van der Waals surface area contributed by atoms with Crippen LogP contribution in [0.5, 0.6) is 0 Å². The first kappa shape index (κ1) is 14.3. The molecule has 1 amide bonds. The highest BCUT2D eigenvalue weighted by atomic mass is 19.1. The van der Waals surface area contributed by atoms with Crippen molar-refractivity contribution in [2.45, 2.75) is 12.8 Å². The van der Waals surface area contributed by atoms with Gasteiger partial charge in [-0.2, -0.15) is 0 Å². The van der Waals surface area contributed by atoms with Gasteiger partial charge in [0.05, 0.1) is 11.3 Å². The predicted molar refractivity (Wildman–Crippen MR) is 72.4 cm³/mol. The van der Waals surface area contributed by atoms with Crippen molar-refractivity contribution in [3.05, 3.63) is 29.6 Å². The summed E-state index contributed by atoms with van der Waals surface area (Å²) in [6.45, 7) is 0.943. The number of amides is 1. The summed E-state index contributed by atoms with van der Waals surface area (Å²) >= 11 is 0. The lowest BCUT2D eigenvalue weighted by Crippen LogP contribution is -2.40. The monoisotopic (exact) mass is 280 g/mol. The van der Waals surface area contributed by atoms with E-state index in [4.69, 9.17) is 5.11 Å². The Morgan fingerprint density at radius 1 is 1.35 bits per heavy atom. The minimum Gasteiger partial charge on any atom is -0.478 e. The molecule has 0 bridgehead atoms. The van der Waals surface area contributed by atoms with Crippen molar-refractivity contribution < 1.29 is 19.1 Å². The Hall–Kier alpha value is -2.11. The van der Waals surface area contributed by atoms with Crippen LogP contribution in [-0.4, -0.2) is 37.1 Å². The van der Waals surface area contributed by atoms with Crippen LogP contribution in [-0.2, 0) is 4.79 Å². The Balaban J connectivity index is 2.19. The van der Waals surface area contributed by atoms with Gasteiger partial charge in [0.25, 0.3) is 0 Å². The van der Waals surface area contributed by atoms with Crippen molar-refractivity contribution in [2.75, 3.05) is 25.0 Å². The molecular weight excluding hydrogens is 263 g/mol. The number of hydrogen-bond donors (Lipinski definition) is 2. The number of aromatic carboxylic acids is 1. The minimum atomic E-state index is -1.15. The van der Waals surface area contributed by atoms with Crippen LogP contribution in [0.4, 0.5) is 10.1 Å². The van der Waals surface area contributed by atoms with E-state index in [0.29, 0.717) is 25.9 Å². The van der Waals surface area contributed by atoms with Crippen molar-refractivity contribution in [2.24, 2.45) is 5.92 Å². The number of carboxylic acid groups (broad SMARTS) is 1. The lowest BCUT2D eigenvalue weighted by atomic mass is 9.95. The summed E-state index contributed by atoms with van der Waals surface area (Å²) < 4.78 is 13.9. The molecule has 0 unspecified atom stereocenters. The average Bonchev–Trinajstić information content (AvgIpc) is 2.46. The minimum absolute atomic E-state index is 0.0170. The quantitative estimate of drug-likeness (QED) is 0.880. The zero-order valence-corrected chi connectivity index (χ0v) is 11.2. The molecule has 1 aliphatic heterocycles. The number of hydrogen-bond acceptors (Lipinski definition) is 3. The van der Waals surface area contributed by atoms with Crippen LogP contribution in [0.2, 0.25) is 0 Å². The van der Waals surface area contributed by atoms with Gasteiger partial charge >= 0.3 is 5.97 Å². The maximum atomic E-state index is 13.9. The predicted octanol–water partition coefficient (Wildman–Crippen LogP) is 1.49. The topological polar surface area (TPSA) is 69.6 Å². The highest BCUT2D eigenvalue weighted by Crippen LogP contribution is 2.29. The normalized spacial score (nSPS) is 16.0. The first-order chi connectivity index (χ1) is 9.54. The fraction of sp³-hybridized carbons (Fsp3) is 0.429. The summed E-state index contributed by atoms with van der Waals surface area (Å²) in [5, 5.41) is 11.7. The Bertz CT molecular complexity index is 525. The van der Waals surface area contributed by atoms with Gasteiger partial charge in [-0.1, -0.05) is 6.07 Å². The lowest BCUT2D eigenvalue weighted by molar-refractivity contribution is -0.125. The molecule has 2 rings (SSSR count). The van der Waals surface area contributed by atoms with Crippen molar-refractivity contribution in [3.8, 4) is 0 Å². The molecule has 5 nitrogen and oxygen atoms in total. The molecule has 1 saturated heterocycles. The number of para-hydroxylation sites is 1. The summed E-state index contributed by atoms with van der Waals surface area (Å²) in [5.74, 6) is -1.79. The Morgan fingerprint density at radius 3 is 2.55 bits per heavy atom. The largest absolute Gasteiger partial charge is 0.478 e. The van der Waals surface area contributed by atoms with E-state index in [1.807, 2.05) is 0 Å². The third-order valence-electron chi connectivity index (χ3n) is 3.65. The number of benzene rings is 1. The molecular formula is C14H17FN2O3. The molecule has 0 atom stereocenters. The number of carbonyl (C=O) groups excluding carboxylic acids is 1. The van der Waals surface area contributed by atoms with Gasteiger partial charge < -0.3 is 15.3 Å². The van der Waals surface area contributed by atoms with Gasteiger partial charge in [-0.25, -0.2) is 9.18 Å². The molecule has 0 aromatic heterocycles. The summed E-state index contributed by atoms with van der Waals surface area (Å²) in [6.07, 6.45) is 1.18. The zero-order valence-electron chi connectivity index (χ0n) is 11.2. The number of anilines is 1. The van der Waals surface area contributed by atoms with Crippen LogP contribution < -0.4 is 10.2 Å². The summed E-state index contributed by atoms with van der Waals surface area (Å²) in [6, 6.07) is 4.04. The van der Waals surface area contributed by atoms with E-state index in [0.717, 1.165) is 0 Å². The van der Waals surface area contributed by atoms with Gasteiger partial charge in [0.1, 0.15) is 5.82 Å². The van der Waals surface area contributed by atoms with Crippen molar-refractivity contribution in [1.29, 1.82) is 0 Å². The molecule has 6 heteroatoms. The molecule has 1 fully saturated rings. The molecule has 1 aliphatic rings.